The van der Waals surface area contributed by atoms with Crippen LogP contribution in [0.5, 0.6) is 0 Å². The van der Waals surface area contributed by atoms with Gasteiger partial charge in [-0.3, -0.25) is 0 Å². The second-order valence-corrected chi connectivity index (χ2v) is 5.14. The van der Waals surface area contributed by atoms with Gasteiger partial charge >= 0.3 is 0 Å². The normalized spacial score (nSPS) is 12.3. The lowest BCUT2D eigenvalue weighted by Crippen LogP contribution is -2.13. The van der Waals surface area contributed by atoms with Crippen LogP contribution in [0, 0.1) is 6.92 Å². The largest absolute Gasteiger partial charge is 0.387 e. The standard InChI is InChI=1S/C16H17N5O/c1-10-2-4-11(5-3-10)13(22)8-18-15-12-6-7-14(17)21-16(12)20-9-19-15/h2-7,9,13,22H,8H2,1H3,(H3,17,18,19,20,21). The van der Waals surface area contributed by atoms with E-state index in [-0.39, 0.29) is 0 Å². The molecule has 0 amide bonds. The summed E-state index contributed by atoms with van der Waals surface area (Å²) in [5.41, 5.74) is 8.20. The number of nitrogens with two attached hydrogens (primary N) is 1. The molecule has 0 aliphatic rings. The van der Waals surface area contributed by atoms with Crippen molar-refractivity contribution >= 4 is 22.7 Å². The first kappa shape index (κ1) is 14.2. The second kappa shape index (κ2) is 5.95. The van der Waals surface area contributed by atoms with Crippen LogP contribution in [0.1, 0.15) is 17.2 Å². The number of nitrogens with one attached hydrogen (secondary N) is 1. The van der Waals surface area contributed by atoms with Crippen molar-refractivity contribution in [1.82, 2.24) is 15.0 Å². The molecule has 0 radical (unpaired) electrons. The summed E-state index contributed by atoms with van der Waals surface area (Å²) in [6.45, 7) is 2.36. The molecule has 3 aromatic rings. The van der Waals surface area contributed by atoms with Crippen LogP contribution in [-0.4, -0.2) is 26.6 Å². The fourth-order valence-corrected chi connectivity index (χ4v) is 2.20. The zero-order chi connectivity index (χ0) is 15.5. The van der Waals surface area contributed by atoms with E-state index in [9.17, 15) is 5.11 Å². The Kier molecular flexibility index (Phi) is 3.84. The molecule has 0 bridgehead atoms. The number of hydrogen-bond donors (Lipinski definition) is 3. The molecule has 6 heteroatoms. The number of aromatic nitrogens is 3. The molecule has 1 unspecified atom stereocenters. The Bertz CT molecular complexity index is 788. The lowest BCUT2D eigenvalue weighted by molar-refractivity contribution is 0.191. The van der Waals surface area contributed by atoms with Crippen molar-refractivity contribution in [3.8, 4) is 0 Å². The summed E-state index contributed by atoms with van der Waals surface area (Å²) in [5, 5.41) is 14.2. The van der Waals surface area contributed by atoms with Gasteiger partial charge in [0.2, 0.25) is 0 Å². The number of pyridine rings is 1. The number of aliphatic hydroxyl groups excluding tert-OH is 1. The number of aliphatic hydroxyl groups is 1. The summed E-state index contributed by atoms with van der Waals surface area (Å²) in [7, 11) is 0. The highest BCUT2D eigenvalue weighted by molar-refractivity contribution is 5.87. The Hall–Kier alpha value is -2.73. The molecule has 1 atom stereocenters. The van der Waals surface area contributed by atoms with E-state index in [0.717, 1.165) is 16.5 Å². The van der Waals surface area contributed by atoms with Crippen molar-refractivity contribution < 1.29 is 5.11 Å². The highest BCUT2D eigenvalue weighted by Crippen LogP contribution is 2.20. The van der Waals surface area contributed by atoms with Gasteiger partial charge in [-0.25, -0.2) is 15.0 Å². The molecule has 1 aromatic carbocycles. The number of fused-ring (bicyclic) bond motifs is 1. The predicted octanol–water partition coefficient (Wildman–Crippen LogP) is 2.06. The van der Waals surface area contributed by atoms with Crippen LogP contribution in [0.4, 0.5) is 11.6 Å². The van der Waals surface area contributed by atoms with E-state index in [1.54, 1.807) is 6.07 Å². The Labute approximate surface area is 128 Å². The van der Waals surface area contributed by atoms with Crippen molar-refractivity contribution in [2.45, 2.75) is 13.0 Å². The maximum atomic E-state index is 10.2. The first-order valence-corrected chi connectivity index (χ1v) is 6.99. The molecule has 2 aromatic heterocycles. The zero-order valence-electron chi connectivity index (χ0n) is 12.2. The third-order valence-corrected chi connectivity index (χ3v) is 3.44. The highest BCUT2D eigenvalue weighted by atomic mass is 16.3. The van der Waals surface area contributed by atoms with Gasteiger partial charge in [-0.05, 0) is 24.6 Å². The van der Waals surface area contributed by atoms with E-state index >= 15 is 0 Å². The van der Waals surface area contributed by atoms with Crippen LogP contribution in [0.15, 0.2) is 42.7 Å². The Morgan fingerprint density at radius 3 is 2.68 bits per heavy atom. The summed E-state index contributed by atoms with van der Waals surface area (Å²) in [6, 6.07) is 11.3. The topological polar surface area (TPSA) is 97.0 Å². The van der Waals surface area contributed by atoms with E-state index in [2.05, 4.69) is 20.3 Å². The van der Waals surface area contributed by atoms with Gasteiger partial charge in [0, 0.05) is 6.54 Å². The Morgan fingerprint density at radius 2 is 1.91 bits per heavy atom. The van der Waals surface area contributed by atoms with E-state index in [1.807, 2.05) is 37.3 Å². The van der Waals surface area contributed by atoms with Gasteiger partial charge in [0.15, 0.2) is 5.65 Å². The third-order valence-electron chi connectivity index (χ3n) is 3.44. The van der Waals surface area contributed by atoms with Crippen LogP contribution in [0.3, 0.4) is 0 Å². The maximum Gasteiger partial charge on any atom is 0.166 e. The average molecular weight is 295 g/mol. The van der Waals surface area contributed by atoms with Crippen molar-refractivity contribution in [2.75, 3.05) is 17.6 Å². The van der Waals surface area contributed by atoms with Gasteiger partial charge in [-0.2, -0.15) is 0 Å². The predicted molar refractivity (Wildman–Crippen MR) is 86.4 cm³/mol. The van der Waals surface area contributed by atoms with E-state index in [0.29, 0.717) is 23.8 Å². The summed E-state index contributed by atoms with van der Waals surface area (Å²) in [6.07, 6.45) is 0.808. The second-order valence-electron chi connectivity index (χ2n) is 5.14. The number of benzene rings is 1. The molecule has 2 heterocycles. The zero-order valence-corrected chi connectivity index (χ0v) is 12.2. The fraction of sp³-hybridized carbons (Fsp3) is 0.188. The van der Waals surface area contributed by atoms with E-state index in [1.165, 1.54) is 6.33 Å². The monoisotopic (exact) mass is 295 g/mol. The SMILES string of the molecule is Cc1ccc(C(O)CNc2ncnc3nc(N)ccc23)cc1. The van der Waals surface area contributed by atoms with Gasteiger partial charge in [-0.15, -0.1) is 0 Å². The van der Waals surface area contributed by atoms with Crippen LogP contribution in [-0.2, 0) is 0 Å². The van der Waals surface area contributed by atoms with E-state index in [4.69, 9.17) is 5.73 Å². The molecule has 6 nitrogen and oxygen atoms in total. The van der Waals surface area contributed by atoms with Crippen LogP contribution >= 0.6 is 0 Å². The number of aryl methyl sites for hydroxylation is 1. The average Bonchev–Trinajstić information content (AvgIpc) is 2.52. The number of anilines is 2. The highest BCUT2D eigenvalue weighted by Gasteiger charge is 2.10. The lowest BCUT2D eigenvalue weighted by atomic mass is 10.1. The number of nitrogen functional groups attached to an aromatic ring is 1. The van der Waals surface area contributed by atoms with Gasteiger partial charge < -0.3 is 16.2 Å². The van der Waals surface area contributed by atoms with E-state index < -0.39 is 6.10 Å². The molecule has 0 spiro atoms. The number of hydrogen-bond acceptors (Lipinski definition) is 6. The van der Waals surface area contributed by atoms with Crippen molar-refractivity contribution in [1.29, 1.82) is 0 Å². The minimum absolute atomic E-state index is 0.347. The molecule has 3 rings (SSSR count). The fourth-order valence-electron chi connectivity index (χ4n) is 2.20. The van der Waals surface area contributed by atoms with Crippen molar-refractivity contribution in [3.05, 3.63) is 53.9 Å². The minimum atomic E-state index is -0.618. The molecule has 0 saturated heterocycles. The maximum absolute atomic E-state index is 10.2. The number of rotatable bonds is 4. The third kappa shape index (κ3) is 2.96. The summed E-state index contributed by atoms with van der Waals surface area (Å²) in [5.74, 6) is 1.04. The summed E-state index contributed by atoms with van der Waals surface area (Å²) >= 11 is 0. The quantitative estimate of drug-likeness (QED) is 0.681. The molecule has 0 fully saturated rings. The number of nitrogens with zero attached hydrogens (tertiary/aromatic N) is 3. The molecule has 0 aliphatic carbocycles. The van der Waals surface area contributed by atoms with Crippen molar-refractivity contribution in [3.63, 3.8) is 0 Å². The first-order valence-electron chi connectivity index (χ1n) is 6.99. The Balaban J connectivity index is 1.77. The van der Waals surface area contributed by atoms with Crippen LogP contribution in [0.2, 0.25) is 0 Å². The van der Waals surface area contributed by atoms with Gasteiger partial charge in [0.1, 0.15) is 18.0 Å². The lowest BCUT2D eigenvalue weighted by Gasteiger charge is -2.14. The molecule has 22 heavy (non-hydrogen) atoms. The van der Waals surface area contributed by atoms with Crippen molar-refractivity contribution in [2.24, 2.45) is 0 Å². The molecular weight excluding hydrogens is 278 g/mol. The molecular formula is C16H17N5O. The summed E-state index contributed by atoms with van der Waals surface area (Å²) < 4.78 is 0. The summed E-state index contributed by atoms with van der Waals surface area (Å²) in [4.78, 5) is 12.5. The molecule has 0 aliphatic heterocycles. The van der Waals surface area contributed by atoms with Gasteiger partial charge in [-0.1, -0.05) is 29.8 Å². The Morgan fingerprint density at radius 1 is 1.14 bits per heavy atom. The minimum Gasteiger partial charge on any atom is -0.387 e. The van der Waals surface area contributed by atoms with Gasteiger partial charge in [0.25, 0.3) is 0 Å². The molecule has 112 valence electrons. The van der Waals surface area contributed by atoms with Gasteiger partial charge in [0.05, 0.1) is 11.5 Å². The molecule has 0 saturated carbocycles. The smallest absolute Gasteiger partial charge is 0.166 e. The molecule has 4 N–H and O–H groups in total. The van der Waals surface area contributed by atoms with Crippen LogP contribution < -0.4 is 11.1 Å². The first-order chi connectivity index (χ1) is 10.6. The van der Waals surface area contributed by atoms with Crippen LogP contribution in [0.25, 0.3) is 11.0 Å².